The molecule has 19 heavy (non-hydrogen) atoms. The van der Waals surface area contributed by atoms with E-state index in [4.69, 9.17) is 7.85 Å². The zero-order valence-corrected chi connectivity index (χ0v) is 11.4. The molecule has 0 aliphatic carbocycles. The van der Waals surface area contributed by atoms with Crippen molar-refractivity contribution in [3.05, 3.63) is 24.2 Å². The Kier molecular flexibility index (Phi) is 3.02. The molecule has 0 bridgehead atoms. The highest BCUT2D eigenvalue weighted by Gasteiger charge is 2.10. The Morgan fingerprint density at radius 3 is 3.00 bits per heavy atom. The van der Waals surface area contributed by atoms with Gasteiger partial charge < -0.3 is 9.72 Å². The van der Waals surface area contributed by atoms with Crippen molar-refractivity contribution in [2.45, 2.75) is 13.7 Å². The van der Waals surface area contributed by atoms with Gasteiger partial charge in [-0.1, -0.05) is 6.82 Å². The Balaban J connectivity index is 2.10. The van der Waals surface area contributed by atoms with Gasteiger partial charge in [-0.2, -0.15) is 4.37 Å². The molecule has 5 nitrogen and oxygen atoms in total. The van der Waals surface area contributed by atoms with Crippen molar-refractivity contribution in [2.24, 2.45) is 0 Å². The molecular formula is C11H10B2N5S. The van der Waals surface area contributed by atoms with E-state index in [1.54, 1.807) is 6.20 Å². The number of fused-ring (bicyclic) bond motifs is 1. The summed E-state index contributed by atoms with van der Waals surface area (Å²) in [6.07, 6.45) is 3.49. The van der Waals surface area contributed by atoms with Crippen LogP contribution in [0.2, 0.25) is 6.82 Å². The summed E-state index contributed by atoms with van der Waals surface area (Å²) in [7, 11) is 7.81. The maximum absolute atomic E-state index is 5.89. The lowest BCUT2D eigenvalue weighted by molar-refractivity contribution is 1.18. The van der Waals surface area contributed by atoms with E-state index in [0.717, 1.165) is 16.3 Å². The predicted molar refractivity (Wildman–Crippen MR) is 79.8 cm³/mol. The average Bonchev–Trinajstić information content (AvgIpc) is 2.97. The highest BCUT2D eigenvalue weighted by Crippen LogP contribution is 2.21. The molecule has 0 spiro atoms. The molecule has 0 atom stereocenters. The van der Waals surface area contributed by atoms with Crippen molar-refractivity contribution < 1.29 is 0 Å². The van der Waals surface area contributed by atoms with Gasteiger partial charge in [-0.3, -0.25) is 0 Å². The maximum Gasteiger partial charge on any atom is 0.179 e. The number of nitrogens with zero attached hydrogens (tertiary/aromatic N) is 4. The second-order valence-electron chi connectivity index (χ2n) is 4.14. The van der Waals surface area contributed by atoms with Gasteiger partial charge >= 0.3 is 0 Å². The Morgan fingerprint density at radius 1 is 1.47 bits per heavy atom. The molecule has 3 radical (unpaired) electrons. The molecule has 3 heterocycles. The molecule has 3 aromatic heterocycles. The first-order chi connectivity index (χ1) is 9.17. The van der Waals surface area contributed by atoms with Crippen LogP contribution < -0.4 is 16.5 Å². The van der Waals surface area contributed by atoms with Crippen molar-refractivity contribution in [1.82, 2.24) is 18.7 Å². The number of nitrogens with one attached hydrogen (secondary N) is 1. The molecule has 1 N–H and O–H groups in total. The normalized spacial score (nSPS) is 10.8. The maximum atomic E-state index is 5.89. The lowest BCUT2D eigenvalue weighted by atomic mass is 9.78. The fraction of sp³-hybridized carbons (Fsp3) is 0.182. The van der Waals surface area contributed by atoms with Crippen LogP contribution in [-0.4, -0.2) is 33.9 Å². The first-order valence-electron chi connectivity index (χ1n) is 5.80. The van der Waals surface area contributed by atoms with Gasteiger partial charge in [0.1, 0.15) is 12.8 Å². The van der Waals surface area contributed by atoms with E-state index in [1.807, 2.05) is 37.7 Å². The van der Waals surface area contributed by atoms with Gasteiger partial charge in [0.2, 0.25) is 0 Å². The van der Waals surface area contributed by atoms with Gasteiger partial charge in [-0.25, -0.2) is 9.97 Å². The van der Waals surface area contributed by atoms with Crippen LogP contribution in [-0.2, 0) is 0 Å². The van der Waals surface area contributed by atoms with Gasteiger partial charge in [0, 0.05) is 18.0 Å². The molecule has 0 aromatic carbocycles. The summed E-state index contributed by atoms with van der Waals surface area (Å²) in [5, 5.41) is 4.17. The van der Waals surface area contributed by atoms with Crippen LogP contribution in [0, 0.1) is 6.92 Å². The molecule has 0 amide bonds. The van der Waals surface area contributed by atoms with Crippen LogP contribution >= 0.6 is 11.5 Å². The lowest BCUT2D eigenvalue weighted by Gasteiger charge is -2.07. The number of imidazole rings is 1. The Bertz CT molecular complexity index is 736. The van der Waals surface area contributed by atoms with E-state index in [0.29, 0.717) is 17.1 Å². The summed E-state index contributed by atoms with van der Waals surface area (Å²) < 4.78 is 6.05. The highest BCUT2D eigenvalue weighted by atomic mass is 32.1. The molecule has 0 unspecified atom stereocenters. The lowest BCUT2D eigenvalue weighted by Crippen LogP contribution is -2.22. The second kappa shape index (κ2) is 4.69. The Labute approximate surface area is 116 Å². The summed E-state index contributed by atoms with van der Waals surface area (Å²) >= 11 is 1.39. The first-order valence-corrected chi connectivity index (χ1v) is 6.58. The third-order valence-electron chi connectivity index (χ3n) is 2.70. The van der Waals surface area contributed by atoms with Gasteiger partial charge in [-0.15, -0.1) is 0 Å². The fourth-order valence-electron chi connectivity index (χ4n) is 1.79. The Morgan fingerprint density at radius 2 is 2.32 bits per heavy atom. The summed E-state index contributed by atoms with van der Waals surface area (Å²) in [5.74, 6) is 0.677. The summed E-state index contributed by atoms with van der Waals surface area (Å²) in [5.41, 5.74) is 3.10. The van der Waals surface area contributed by atoms with E-state index in [9.17, 15) is 0 Å². The smallest absolute Gasteiger partial charge is 0.179 e. The van der Waals surface area contributed by atoms with Crippen LogP contribution in [0.15, 0.2) is 18.5 Å². The van der Waals surface area contributed by atoms with Gasteiger partial charge in [0.05, 0.1) is 5.69 Å². The standard InChI is InChI=1S/C11H10B2N5S/c1-6-3-9(19-17-6)16-10-11-14-4-7(12)18(11)5-8(13-2)15-10/h3-5H,1-2H3,(H,15,16). The van der Waals surface area contributed by atoms with Gasteiger partial charge in [0.25, 0.3) is 0 Å². The molecule has 91 valence electrons. The number of aryl methyl sites for hydroxylation is 1. The van der Waals surface area contributed by atoms with E-state index in [1.165, 1.54) is 11.5 Å². The van der Waals surface area contributed by atoms with E-state index < -0.39 is 0 Å². The third-order valence-corrected chi connectivity index (χ3v) is 3.50. The van der Waals surface area contributed by atoms with E-state index in [-0.39, 0.29) is 0 Å². The SMILES string of the molecule is [B]c1cnc2c(Nc3cc(C)ns3)nc([B]C)cn12. The molecule has 0 saturated carbocycles. The Hall–Kier alpha value is -1.82. The number of hydrogen-bond donors (Lipinski definition) is 1. The van der Waals surface area contributed by atoms with Crippen LogP contribution in [0.1, 0.15) is 5.69 Å². The minimum Gasteiger partial charge on any atom is -0.328 e. The number of anilines is 2. The largest absolute Gasteiger partial charge is 0.328 e. The molecule has 0 fully saturated rings. The quantitative estimate of drug-likeness (QED) is 0.697. The molecule has 8 heteroatoms. The minimum atomic E-state index is 0.587. The molecule has 0 aliphatic rings. The molecule has 3 aromatic rings. The monoisotopic (exact) mass is 266 g/mol. The van der Waals surface area contributed by atoms with Crippen LogP contribution in [0.25, 0.3) is 5.65 Å². The van der Waals surface area contributed by atoms with Crippen LogP contribution in [0.5, 0.6) is 0 Å². The predicted octanol–water partition coefficient (Wildman–Crippen LogP) is 0.409. The van der Waals surface area contributed by atoms with Crippen LogP contribution in [0.3, 0.4) is 0 Å². The second-order valence-corrected chi connectivity index (χ2v) is 4.94. The molecule has 0 aliphatic heterocycles. The van der Waals surface area contributed by atoms with Crippen molar-refractivity contribution >= 4 is 54.3 Å². The number of rotatable bonds is 3. The zero-order chi connectivity index (χ0) is 13.4. The van der Waals surface area contributed by atoms with Crippen LogP contribution in [0.4, 0.5) is 10.8 Å². The van der Waals surface area contributed by atoms with Crippen molar-refractivity contribution in [1.29, 1.82) is 0 Å². The fourth-order valence-corrected chi connectivity index (χ4v) is 2.45. The van der Waals surface area contributed by atoms with E-state index in [2.05, 4.69) is 19.7 Å². The van der Waals surface area contributed by atoms with Crippen molar-refractivity contribution in [3.63, 3.8) is 0 Å². The minimum absolute atomic E-state index is 0.587. The highest BCUT2D eigenvalue weighted by molar-refractivity contribution is 7.10. The average molecular weight is 266 g/mol. The van der Waals surface area contributed by atoms with Crippen molar-refractivity contribution in [3.8, 4) is 0 Å². The molecule has 0 saturated heterocycles. The number of aromatic nitrogens is 4. The summed E-state index contributed by atoms with van der Waals surface area (Å²) in [6, 6.07) is 1.97. The third kappa shape index (κ3) is 2.23. The number of hydrogen-bond acceptors (Lipinski definition) is 5. The topological polar surface area (TPSA) is 55.1 Å². The first kappa shape index (κ1) is 12.2. The molecule has 3 rings (SSSR count). The zero-order valence-electron chi connectivity index (χ0n) is 10.6. The van der Waals surface area contributed by atoms with E-state index >= 15 is 0 Å². The van der Waals surface area contributed by atoms with Gasteiger partial charge in [-0.05, 0) is 30.1 Å². The summed E-state index contributed by atoms with van der Waals surface area (Å²) in [4.78, 5) is 8.79. The van der Waals surface area contributed by atoms with Gasteiger partial charge in [0.15, 0.2) is 18.7 Å². The van der Waals surface area contributed by atoms with Crippen molar-refractivity contribution in [2.75, 3.05) is 5.32 Å². The molecular weight excluding hydrogens is 256 g/mol. The summed E-state index contributed by atoms with van der Waals surface area (Å²) in [6.45, 7) is 3.89.